The maximum absolute atomic E-state index is 13.2. The second-order valence-electron chi connectivity index (χ2n) is 3.80. The van der Waals surface area contributed by atoms with Crippen LogP contribution in [0.4, 0.5) is 4.39 Å². The first-order valence-corrected chi connectivity index (χ1v) is 6.29. The third kappa shape index (κ3) is 3.40. The predicted octanol–water partition coefficient (Wildman–Crippen LogP) is 1.28. The molecule has 0 bridgehead atoms. The van der Waals surface area contributed by atoms with Crippen molar-refractivity contribution in [3.8, 4) is 0 Å². The molecule has 0 fully saturated rings. The fourth-order valence-electron chi connectivity index (χ4n) is 1.55. The summed E-state index contributed by atoms with van der Waals surface area (Å²) in [6.07, 6.45) is 0. The van der Waals surface area contributed by atoms with Crippen LogP contribution in [0.25, 0.3) is 0 Å². The Kier molecular flexibility index (Phi) is 4.49. The average molecular weight is 266 g/mol. The summed E-state index contributed by atoms with van der Waals surface area (Å²) in [6, 6.07) is 8.09. The molecule has 1 aromatic carbocycles. The van der Waals surface area contributed by atoms with Gasteiger partial charge in [-0.05, 0) is 23.1 Å². The third-order valence-electron chi connectivity index (χ3n) is 2.43. The fourth-order valence-corrected chi connectivity index (χ4v) is 2.19. The van der Waals surface area contributed by atoms with E-state index in [1.807, 2.05) is 17.5 Å². The second kappa shape index (κ2) is 6.11. The molecule has 0 aliphatic rings. The van der Waals surface area contributed by atoms with Gasteiger partial charge >= 0.3 is 7.12 Å². The van der Waals surface area contributed by atoms with Crippen LogP contribution in [0, 0.1) is 5.82 Å². The zero-order valence-electron chi connectivity index (χ0n) is 9.54. The molecule has 0 radical (unpaired) electrons. The van der Waals surface area contributed by atoms with Crippen molar-refractivity contribution >= 4 is 23.9 Å². The van der Waals surface area contributed by atoms with Crippen molar-refractivity contribution in [2.75, 3.05) is 0 Å². The lowest BCUT2D eigenvalue weighted by Crippen LogP contribution is -2.33. The van der Waals surface area contributed by atoms with Gasteiger partial charge in [-0.15, -0.1) is 11.3 Å². The van der Waals surface area contributed by atoms with Gasteiger partial charge in [-0.3, -0.25) is 0 Å². The molecule has 2 N–H and O–H groups in total. The van der Waals surface area contributed by atoms with Crippen molar-refractivity contribution in [1.82, 2.24) is 0 Å². The van der Waals surface area contributed by atoms with Crippen LogP contribution in [-0.2, 0) is 18.0 Å². The van der Waals surface area contributed by atoms with Crippen molar-refractivity contribution < 1.29 is 19.2 Å². The van der Waals surface area contributed by atoms with Gasteiger partial charge in [-0.2, -0.15) is 0 Å². The van der Waals surface area contributed by atoms with E-state index in [2.05, 4.69) is 0 Å². The minimum absolute atomic E-state index is 0.132. The molecule has 1 aromatic heterocycles. The van der Waals surface area contributed by atoms with Crippen LogP contribution in [0.5, 0.6) is 0 Å². The lowest BCUT2D eigenvalue weighted by atomic mass is 9.79. The van der Waals surface area contributed by atoms with Crippen LogP contribution in [0.1, 0.15) is 10.4 Å². The molecule has 2 rings (SSSR count). The SMILES string of the molecule is OB(O)c1cc(COCc2cccs2)ccc1F. The quantitative estimate of drug-likeness (QED) is 0.801. The zero-order valence-corrected chi connectivity index (χ0v) is 10.4. The van der Waals surface area contributed by atoms with E-state index in [9.17, 15) is 4.39 Å². The van der Waals surface area contributed by atoms with Crippen molar-refractivity contribution in [1.29, 1.82) is 0 Å². The Morgan fingerprint density at radius 2 is 2.06 bits per heavy atom. The minimum Gasteiger partial charge on any atom is -0.423 e. The summed E-state index contributed by atoms with van der Waals surface area (Å²) in [6.45, 7) is 0.796. The summed E-state index contributed by atoms with van der Waals surface area (Å²) < 4.78 is 18.7. The standard InChI is InChI=1S/C12H12BFO3S/c14-12-4-3-9(6-11(12)13(15)16)7-17-8-10-2-1-5-18-10/h1-6,15-16H,7-8H2. The molecule has 0 spiro atoms. The number of thiophene rings is 1. The highest BCUT2D eigenvalue weighted by Crippen LogP contribution is 2.11. The number of halogens is 1. The first-order chi connectivity index (χ1) is 8.66. The van der Waals surface area contributed by atoms with Gasteiger partial charge in [0.1, 0.15) is 5.82 Å². The van der Waals surface area contributed by atoms with Crippen LogP contribution in [0.3, 0.4) is 0 Å². The monoisotopic (exact) mass is 266 g/mol. The van der Waals surface area contributed by atoms with Crippen molar-refractivity contribution in [3.05, 3.63) is 52.0 Å². The Bertz CT molecular complexity index is 502. The molecule has 0 saturated heterocycles. The summed E-state index contributed by atoms with van der Waals surface area (Å²) in [4.78, 5) is 1.11. The topological polar surface area (TPSA) is 49.7 Å². The van der Waals surface area contributed by atoms with Crippen LogP contribution in [-0.4, -0.2) is 17.2 Å². The first kappa shape index (κ1) is 13.2. The Morgan fingerprint density at radius 3 is 2.72 bits per heavy atom. The van der Waals surface area contributed by atoms with Crippen molar-refractivity contribution in [2.24, 2.45) is 0 Å². The molecule has 0 aliphatic carbocycles. The van der Waals surface area contributed by atoms with Gasteiger partial charge in [0, 0.05) is 10.3 Å². The molecule has 0 atom stereocenters. The predicted molar refractivity (Wildman–Crippen MR) is 69.0 cm³/mol. The van der Waals surface area contributed by atoms with E-state index in [0.717, 1.165) is 4.88 Å². The lowest BCUT2D eigenvalue weighted by molar-refractivity contribution is 0.109. The smallest absolute Gasteiger partial charge is 0.423 e. The molecule has 1 heterocycles. The molecular formula is C12H12BFO3S. The molecule has 0 aliphatic heterocycles. The Labute approximate surface area is 109 Å². The zero-order chi connectivity index (χ0) is 13.0. The Hall–Kier alpha value is -1.21. The van der Waals surface area contributed by atoms with Gasteiger partial charge in [0.2, 0.25) is 0 Å². The Balaban J connectivity index is 1.95. The normalized spacial score (nSPS) is 10.6. The van der Waals surface area contributed by atoms with E-state index in [0.29, 0.717) is 18.8 Å². The number of rotatable bonds is 5. The van der Waals surface area contributed by atoms with Crippen LogP contribution < -0.4 is 5.46 Å². The largest absolute Gasteiger partial charge is 0.491 e. The van der Waals surface area contributed by atoms with Crippen LogP contribution in [0.2, 0.25) is 0 Å². The van der Waals surface area contributed by atoms with E-state index in [4.69, 9.17) is 14.8 Å². The van der Waals surface area contributed by atoms with Crippen molar-refractivity contribution in [3.63, 3.8) is 0 Å². The van der Waals surface area contributed by atoms with Crippen molar-refractivity contribution in [2.45, 2.75) is 13.2 Å². The van der Waals surface area contributed by atoms with Gasteiger partial charge in [-0.25, -0.2) is 4.39 Å². The third-order valence-corrected chi connectivity index (χ3v) is 3.28. The molecule has 0 unspecified atom stereocenters. The van der Waals surface area contributed by atoms with E-state index in [-0.39, 0.29) is 5.46 Å². The lowest BCUT2D eigenvalue weighted by Gasteiger charge is -2.06. The second-order valence-corrected chi connectivity index (χ2v) is 4.83. The molecule has 18 heavy (non-hydrogen) atoms. The van der Waals surface area contributed by atoms with Gasteiger partial charge in [0.05, 0.1) is 13.2 Å². The fraction of sp³-hybridized carbons (Fsp3) is 0.167. The van der Waals surface area contributed by atoms with E-state index in [1.54, 1.807) is 17.4 Å². The first-order valence-electron chi connectivity index (χ1n) is 5.41. The van der Waals surface area contributed by atoms with Gasteiger partial charge in [0.25, 0.3) is 0 Å². The molecule has 94 valence electrons. The summed E-state index contributed by atoms with van der Waals surface area (Å²) in [5.74, 6) is -0.632. The van der Waals surface area contributed by atoms with Gasteiger partial charge in [-0.1, -0.05) is 18.2 Å². The highest BCUT2D eigenvalue weighted by Gasteiger charge is 2.16. The molecule has 2 aromatic rings. The van der Waals surface area contributed by atoms with Crippen LogP contribution >= 0.6 is 11.3 Å². The minimum atomic E-state index is -1.80. The van der Waals surface area contributed by atoms with E-state index >= 15 is 0 Å². The summed E-state index contributed by atoms with van der Waals surface area (Å²) in [5, 5.41) is 19.9. The van der Waals surface area contributed by atoms with E-state index in [1.165, 1.54) is 12.1 Å². The number of hydrogen-bond acceptors (Lipinski definition) is 4. The number of ether oxygens (including phenoxy) is 1. The average Bonchev–Trinajstić information content (AvgIpc) is 2.84. The highest BCUT2D eigenvalue weighted by molar-refractivity contribution is 7.09. The molecule has 0 amide bonds. The van der Waals surface area contributed by atoms with Gasteiger partial charge in [0.15, 0.2) is 0 Å². The highest BCUT2D eigenvalue weighted by atomic mass is 32.1. The summed E-state index contributed by atoms with van der Waals surface area (Å²) in [7, 11) is -1.80. The number of hydrogen-bond donors (Lipinski definition) is 2. The van der Waals surface area contributed by atoms with Crippen LogP contribution in [0.15, 0.2) is 35.7 Å². The molecule has 0 saturated carbocycles. The summed E-state index contributed by atoms with van der Waals surface area (Å²) in [5.41, 5.74) is 0.572. The maximum atomic E-state index is 13.2. The Morgan fingerprint density at radius 1 is 1.22 bits per heavy atom. The molecule has 6 heteroatoms. The molecular weight excluding hydrogens is 254 g/mol. The molecule has 3 nitrogen and oxygen atoms in total. The summed E-state index contributed by atoms with van der Waals surface area (Å²) >= 11 is 1.60. The van der Waals surface area contributed by atoms with Gasteiger partial charge < -0.3 is 14.8 Å². The van der Waals surface area contributed by atoms with E-state index < -0.39 is 12.9 Å². The number of benzene rings is 1. The maximum Gasteiger partial charge on any atom is 0.491 e.